The molecule has 10 heteroatoms. The van der Waals surface area contributed by atoms with E-state index in [0.29, 0.717) is 6.42 Å². The number of ether oxygens (including phenoxy) is 4. The van der Waals surface area contributed by atoms with Gasteiger partial charge in [-0.25, -0.2) is 0 Å². The summed E-state index contributed by atoms with van der Waals surface area (Å²) < 4.78 is 22.3. The Kier molecular flexibility index (Phi) is 41.4. The third-order valence-corrected chi connectivity index (χ3v) is 12.3. The zero-order valence-electron chi connectivity index (χ0n) is 40.6. The van der Waals surface area contributed by atoms with Crippen molar-refractivity contribution < 1.29 is 49.0 Å². The summed E-state index contributed by atoms with van der Waals surface area (Å²) in [6.07, 6.45) is 43.2. The van der Waals surface area contributed by atoms with E-state index in [2.05, 4.69) is 38.2 Å². The Balaban J connectivity index is 2.25. The Morgan fingerprint density at radius 1 is 0.476 bits per heavy atom. The Hall–Kier alpha value is -1.82. The minimum atomic E-state index is -1.59. The predicted molar refractivity (Wildman–Crippen MR) is 256 cm³/mol. The first-order chi connectivity index (χ1) is 30.8. The second-order valence-corrected chi connectivity index (χ2v) is 18.3. The summed E-state index contributed by atoms with van der Waals surface area (Å²) in [5.41, 5.74) is 0. The summed E-state index contributed by atoms with van der Waals surface area (Å²) in [6, 6.07) is 0. The van der Waals surface area contributed by atoms with Crippen molar-refractivity contribution in [2.45, 2.75) is 282 Å². The fraction of sp³-hybridized carbons (Fsp3) is 0.887. The van der Waals surface area contributed by atoms with E-state index in [-0.39, 0.29) is 32.0 Å². The fourth-order valence-electron chi connectivity index (χ4n) is 8.12. The van der Waals surface area contributed by atoms with Crippen LogP contribution >= 0.6 is 0 Å². The number of aliphatic hydroxyl groups excluding tert-OH is 4. The summed E-state index contributed by atoms with van der Waals surface area (Å²) in [5.74, 6) is -0.800. The van der Waals surface area contributed by atoms with Crippen LogP contribution in [0.1, 0.15) is 245 Å². The van der Waals surface area contributed by atoms with Crippen molar-refractivity contribution in [1.29, 1.82) is 0 Å². The normalized spacial score (nSPS) is 19.6. The second-order valence-electron chi connectivity index (χ2n) is 18.3. The van der Waals surface area contributed by atoms with Crippen LogP contribution < -0.4 is 0 Å². The maximum Gasteiger partial charge on any atom is 0.306 e. The molecule has 0 radical (unpaired) electrons. The molecule has 1 aliphatic rings. The van der Waals surface area contributed by atoms with Crippen molar-refractivity contribution in [3.05, 3.63) is 24.3 Å². The average Bonchev–Trinajstić information content (AvgIpc) is 3.28. The molecular weight excluding hydrogens is 797 g/mol. The van der Waals surface area contributed by atoms with Gasteiger partial charge >= 0.3 is 11.9 Å². The van der Waals surface area contributed by atoms with Gasteiger partial charge in [0.1, 0.15) is 31.0 Å². The highest BCUT2D eigenvalue weighted by atomic mass is 16.7. The van der Waals surface area contributed by atoms with Gasteiger partial charge in [0.05, 0.1) is 13.2 Å². The second kappa shape index (κ2) is 44.0. The van der Waals surface area contributed by atoms with E-state index in [1.54, 1.807) is 0 Å². The molecule has 0 bridgehead atoms. The van der Waals surface area contributed by atoms with Gasteiger partial charge in [-0.2, -0.15) is 0 Å². The number of carbonyl (C=O) groups is 2. The van der Waals surface area contributed by atoms with Crippen molar-refractivity contribution >= 4 is 11.9 Å². The number of rotatable bonds is 45. The van der Waals surface area contributed by atoms with Crippen molar-refractivity contribution in [2.75, 3.05) is 19.8 Å². The Morgan fingerprint density at radius 3 is 1.24 bits per heavy atom. The molecule has 1 rings (SSSR count). The first-order valence-electron chi connectivity index (χ1n) is 26.4. The molecule has 6 atom stereocenters. The van der Waals surface area contributed by atoms with E-state index in [9.17, 15) is 30.0 Å². The smallest absolute Gasteiger partial charge is 0.306 e. The van der Waals surface area contributed by atoms with Gasteiger partial charge in [-0.1, -0.05) is 192 Å². The van der Waals surface area contributed by atoms with E-state index in [1.807, 2.05) is 0 Å². The number of hydrogen-bond donors (Lipinski definition) is 4. The molecule has 1 heterocycles. The van der Waals surface area contributed by atoms with Crippen LogP contribution in [-0.4, -0.2) is 89.0 Å². The van der Waals surface area contributed by atoms with Crippen molar-refractivity contribution in [3.8, 4) is 0 Å². The predicted octanol–water partition coefficient (Wildman–Crippen LogP) is 12.5. The lowest BCUT2D eigenvalue weighted by Crippen LogP contribution is -2.59. The highest BCUT2D eigenvalue weighted by Gasteiger charge is 2.44. The summed E-state index contributed by atoms with van der Waals surface area (Å²) in [4.78, 5) is 25.5. The maximum absolute atomic E-state index is 12.8. The number of esters is 2. The molecule has 0 aliphatic carbocycles. The van der Waals surface area contributed by atoms with Crippen LogP contribution in [0.25, 0.3) is 0 Å². The third-order valence-electron chi connectivity index (χ3n) is 12.3. The molecular formula is C53H98O10. The first-order valence-corrected chi connectivity index (χ1v) is 26.4. The quantitative estimate of drug-likeness (QED) is 0.0264. The molecule has 1 saturated heterocycles. The molecule has 63 heavy (non-hydrogen) atoms. The van der Waals surface area contributed by atoms with Crippen LogP contribution in [0.5, 0.6) is 0 Å². The Morgan fingerprint density at radius 2 is 0.841 bits per heavy atom. The lowest BCUT2D eigenvalue weighted by Gasteiger charge is -2.39. The number of hydrogen-bond acceptors (Lipinski definition) is 10. The zero-order valence-corrected chi connectivity index (χ0v) is 40.6. The van der Waals surface area contributed by atoms with Crippen LogP contribution in [0.2, 0.25) is 0 Å². The molecule has 370 valence electrons. The molecule has 0 amide bonds. The van der Waals surface area contributed by atoms with E-state index < -0.39 is 49.4 Å². The average molecular weight is 895 g/mol. The van der Waals surface area contributed by atoms with E-state index >= 15 is 0 Å². The van der Waals surface area contributed by atoms with Crippen molar-refractivity contribution in [3.63, 3.8) is 0 Å². The number of carbonyl (C=O) groups excluding carboxylic acids is 2. The molecule has 0 spiro atoms. The van der Waals surface area contributed by atoms with Crippen LogP contribution in [0, 0.1) is 0 Å². The standard InChI is InChI=1S/C53H98O10/c1-3-5-7-9-11-13-15-17-19-21-23-25-27-29-31-33-35-37-39-41-48(55)60-44-46(45-61-53-52(59)51(58)50(57)47(43-54)63-53)62-49(56)42-40-38-36-34-32-30-28-26-24-22-20-18-16-14-12-10-8-6-4-2/h17-20,46-47,50-54,57-59H,3-16,21-45H2,1-2H3/b19-17+,20-18+/t46-,47-,50+,51?,52?,53-/m0/s1. The number of unbranched alkanes of at least 4 members (excludes halogenated alkanes) is 30. The topological polar surface area (TPSA) is 152 Å². The Labute approximate surface area is 385 Å². The van der Waals surface area contributed by atoms with E-state index in [0.717, 1.165) is 44.9 Å². The maximum atomic E-state index is 12.8. The summed E-state index contributed by atoms with van der Waals surface area (Å²) in [6.45, 7) is 3.45. The van der Waals surface area contributed by atoms with Gasteiger partial charge < -0.3 is 39.4 Å². The summed E-state index contributed by atoms with van der Waals surface area (Å²) >= 11 is 0. The molecule has 2 unspecified atom stereocenters. The van der Waals surface area contributed by atoms with E-state index in [4.69, 9.17) is 18.9 Å². The monoisotopic (exact) mass is 895 g/mol. The lowest BCUT2D eigenvalue weighted by atomic mass is 9.99. The number of aliphatic hydroxyl groups is 4. The third kappa shape index (κ3) is 35.1. The highest BCUT2D eigenvalue weighted by molar-refractivity contribution is 5.70. The van der Waals surface area contributed by atoms with Gasteiger partial charge in [-0.05, 0) is 64.2 Å². The summed E-state index contributed by atoms with van der Waals surface area (Å²) in [7, 11) is 0. The Bertz CT molecular complexity index is 1080. The largest absolute Gasteiger partial charge is 0.462 e. The van der Waals surface area contributed by atoms with Crippen LogP contribution in [0.15, 0.2) is 24.3 Å². The van der Waals surface area contributed by atoms with Gasteiger partial charge in [-0.3, -0.25) is 9.59 Å². The summed E-state index contributed by atoms with van der Waals surface area (Å²) in [5, 5.41) is 40.2. The fourth-order valence-corrected chi connectivity index (χ4v) is 8.12. The van der Waals surface area contributed by atoms with Gasteiger partial charge in [0, 0.05) is 12.8 Å². The van der Waals surface area contributed by atoms with Gasteiger partial charge in [0.25, 0.3) is 0 Å². The highest BCUT2D eigenvalue weighted by Crippen LogP contribution is 2.23. The van der Waals surface area contributed by atoms with Crippen LogP contribution in [-0.2, 0) is 28.5 Å². The van der Waals surface area contributed by atoms with Crippen molar-refractivity contribution in [2.24, 2.45) is 0 Å². The van der Waals surface area contributed by atoms with Crippen LogP contribution in [0.3, 0.4) is 0 Å². The molecule has 1 fully saturated rings. The van der Waals surface area contributed by atoms with Gasteiger partial charge in [-0.15, -0.1) is 0 Å². The molecule has 0 saturated carbocycles. The van der Waals surface area contributed by atoms with Crippen LogP contribution in [0.4, 0.5) is 0 Å². The molecule has 4 N–H and O–H groups in total. The van der Waals surface area contributed by atoms with Gasteiger partial charge in [0.2, 0.25) is 0 Å². The van der Waals surface area contributed by atoms with Crippen molar-refractivity contribution in [1.82, 2.24) is 0 Å². The molecule has 0 aromatic heterocycles. The van der Waals surface area contributed by atoms with E-state index in [1.165, 1.54) is 167 Å². The molecule has 1 aliphatic heterocycles. The SMILES string of the molecule is CCCCCCCC/C=C/CCCCCCCCCCCC(=O)OC[C@@H](CO[C@H]1O[C@@H](CO)[C@@H](O)C(O)C1O)OC(=O)CCCCCCCCCCC/C=C/CCCCCCCC. The number of allylic oxidation sites excluding steroid dienone is 4. The van der Waals surface area contributed by atoms with Gasteiger partial charge in [0.15, 0.2) is 12.4 Å². The minimum Gasteiger partial charge on any atom is -0.462 e. The molecule has 0 aromatic carbocycles. The minimum absolute atomic E-state index is 0.216. The zero-order chi connectivity index (χ0) is 45.9. The first kappa shape index (κ1) is 59.2. The lowest BCUT2D eigenvalue weighted by molar-refractivity contribution is -0.305. The molecule has 10 nitrogen and oxygen atoms in total. The molecule has 0 aromatic rings.